The maximum absolute atomic E-state index is 5.61. The average Bonchev–Trinajstić information content (AvgIpc) is 2.23. The van der Waals surface area contributed by atoms with Gasteiger partial charge in [0, 0.05) is 25.7 Å². The summed E-state index contributed by atoms with van der Waals surface area (Å²) in [4.78, 5) is 2.29. The summed E-state index contributed by atoms with van der Waals surface area (Å²) in [5.74, 6) is 0. The van der Waals surface area contributed by atoms with E-state index in [1.54, 1.807) is 0 Å². The van der Waals surface area contributed by atoms with Gasteiger partial charge in [-0.1, -0.05) is 13.8 Å². The van der Waals surface area contributed by atoms with Gasteiger partial charge in [0.2, 0.25) is 0 Å². The summed E-state index contributed by atoms with van der Waals surface area (Å²) in [5, 5.41) is 3.37. The van der Waals surface area contributed by atoms with Crippen molar-refractivity contribution in [2.24, 2.45) is 0 Å². The van der Waals surface area contributed by atoms with Crippen molar-refractivity contribution in [2.75, 3.05) is 46.5 Å². The molecule has 1 aliphatic rings. The average molecular weight is 230 g/mol. The first-order valence-electron chi connectivity index (χ1n) is 6.29. The van der Waals surface area contributed by atoms with Crippen molar-refractivity contribution in [3.05, 3.63) is 0 Å². The molecule has 4 nitrogen and oxygen atoms in total. The predicted molar refractivity (Wildman–Crippen MR) is 65.8 cm³/mol. The lowest BCUT2D eigenvalue weighted by atomic mass is 10.3. The number of rotatable bonds is 7. The third kappa shape index (κ3) is 6.43. The lowest BCUT2D eigenvalue weighted by Gasteiger charge is -2.29. The molecule has 0 aromatic carbocycles. The van der Waals surface area contributed by atoms with Gasteiger partial charge < -0.3 is 19.7 Å². The van der Waals surface area contributed by atoms with E-state index in [1.165, 1.54) is 0 Å². The zero-order valence-electron chi connectivity index (χ0n) is 10.9. The van der Waals surface area contributed by atoms with Gasteiger partial charge in [-0.25, -0.2) is 0 Å². The van der Waals surface area contributed by atoms with E-state index < -0.39 is 0 Å². The predicted octanol–water partition coefficient (Wildman–Crippen LogP) is 0.722. The second-order valence-corrected chi connectivity index (χ2v) is 4.79. The monoisotopic (exact) mass is 230 g/mol. The molecule has 4 heteroatoms. The van der Waals surface area contributed by atoms with Gasteiger partial charge >= 0.3 is 0 Å². The number of morpholine rings is 1. The Morgan fingerprint density at radius 2 is 2.31 bits per heavy atom. The molecule has 0 aliphatic carbocycles. The second kappa shape index (κ2) is 8.01. The lowest BCUT2D eigenvalue weighted by molar-refractivity contribution is -0.0632. The Balaban J connectivity index is 1.90. The molecule has 0 aromatic heterocycles. The fourth-order valence-electron chi connectivity index (χ4n) is 1.75. The van der Waals surface area contributed by atoms with Crippen LogP contribution < -0.4 is 5.32 Å². The number of nitrogens with one attached hydrogen (secondary N) is 1. The van der Waals surface area contributed by atoms with Crippen LogP contribution in [0.3, 0.4) is 0 Å². The van der Waals surface area contributed by atoms with E-state index in [4.69, 9.17) is 9.47 Å². The standard InChI is InChI=1S/C12H26N2O2/c1-11(2)13-5-4-7-15-10-12-9-14(3)6-8-16-12/h11-13H,4-10H2,1-3H3. The van der Waals surface area contributed by atoms with E-state index in [2.05, 4.69) is 31.1 Å². The first-order chi connectivity index (χ1) is 7.68. The van der Waals surface area contributed by atoms with E-state index in [0.717, 1.165) is 45.9 Å². The summed E-state index contributed by atoms with van der Waals surface area (Å²) in [6, 6.07) is 0.565. The summed E-state index contributed by atoms with van der Waals surface area (Å²) in [6.07, 6.45) is 1.33. The summed E-state index contributed by atoms with van der Waals surface area (Å²) in [7, 11) is 2.13. The van der Waals surface area contributed by atoms with E-state index >= 15 is 0 Å². The molecule has 0 amide bonds. The van der Waals surface area contributed by atoms with Gasteiger partial charge in [-0.05, 0) is 20.0 Å². The Kier molecular flexibility index (Phi) is 6.96. The van der Waals surface area contributed by atoms with Crippen LogP contribution in [-0.4, -0.2) is 63.5 Å². The first kappa shape index (κ1) is 13.9. The van der Waals surface area contributed by atoms with Crippen molar-refractivity contribution < 1.29 is 9.47 Å². The van der Waals surface area contributed by atoms with Crippen LogP contribution in [0.5, 0.6) is 0 Å². The van der Waals surface area contributed by atoms with E-state index in [0.29, 0.717) is 6.04 Å². The molecule has 0 aromatic rings. The molecule has 0 spiro atoms. The summed E-state index contributed by atoms with van der Waals surface area (Å²) < 4.78 is 11.2. The number of ether oxygens (including phenoxy) is 2. The molecule has 0 radical (unpaired) electrons. The molecule has 1 N–H and O–H groups in total. The van der Waals surface area contributed by atoms with Crippen molar-refractivity contribution in [3.8, 4) is 0 Å². The molecule has 1 fully saturated rings. The van der Waals surface area contributed by atoms with E-state index in [9.17, 15) is 0 Å². The van der Waals surface area contributed by atoms with Gasteiger partial charge in [-0.15, -0.1) is 0 Å². The van der Waals surface area contributed by atoms with Gasteiger partial charge in [0.15, 0.2) is 0 Å². The molecule has 0 bridgehead atoms. The van der Waals surface area contributed by atoms with Crippen molar-refractivity contribution in [2.45, 2.75) is 32.4 Å². The Hall–Kier alpha value is -0.160. The fraction of sp³-hybridized carbons (Fsp3) is 1.00. The van der Waals surface area contributed by atoms with Crippen LogP contribution in [-0.2, 0) is 9.47 Å². The Morgan fingerprint density at radius 1 is 1.50 bits per heavy atom. The normalized spacial score (nSPS) is 22.9. The maximum atomic E-state index is 5.61. The van der Waals surface area contributed by atoms with Crippen LogP contribution in [0.25, 0.3) is 0 Å². The highest BCUT2D eigenvalue weighted by atomic mass is 16.5. The van der Waals surface area contributed by atoms with Crippen LogP contribution in [0.4, 0.5) is 0 Å². The molecule has 16 heavy (non-hydrogen) atoms. The summed E-state index contributed by atoms with van der Waals surface area (Å²) in [5.41, 5.74) is 0. The van der Waals surface area contributed by atoms with E-state index in [-0.39, 0.29) is 6.10 Å². The smallest absolute Gasteiger partial charge is 0.0935 e. The molecular formula is C12H26N2O2. The minimum Gasteiger partial charge on any atom is -0.379 e. The maximum Gasteiger partial charge on any atom is 0.0935 e. The van der Waals surface area contributed by atoms with Crippen LogP contribution in [0, 0.1) is 0 Å². The Morgan fingerprint density at radius 3 is 3.00 bits per heavy atom. The summed E-state index contributed by atoms with van der Waals surface area (Å²) >= 11 is 0. The highest BCUT2D eigenvalue weighted by Gasteiger charge is 2.17. The minimum atomic E-state index is 0.261. The number of hydrogen-bond donors (Lipinski definition) is 1. The van der Waals surface area contributed by atoms with Crippen molar-refractivity contribution in [1.82, 2.24) is 10.2 Å². The van der Waals surface area contributed by atoms with Crippen LogP contribution in [0.2, 0.25) is 0 Å². The third-order valence-corrected chi connectivity index (χ3v) is 2.66. The minimum absolute atomic E-state index is 0.261. The zero-order valence-corrected chi connectivity index (χ0v) is 10.9. The molecule has 1 aliphatic heterocycles. The van der Waals surface area contributed by atoms with E-state index in [1.807, 2.05) is 0 Å². The topological polar surface area (TPSA) is 33.7 Å². The van der Waals surface area contributed by atoms with Crippen molar-refractivity contribution >= 4 is 0 Å². The van der Waals surface area contributed by atoms with Gasteiger partial charge in [-0.3, -0.25) is 0 Å². The van der Waals surface area contributed by atoms with Gasteiger partial charge in [-0.2, -0.15) is 0 Å². The van der Waals surface area contributed by atoms with Crippen molar-refractivity contribution in [1.29, 1.82) is 0 Å². The van der Waals surface area contributed by atoms with Gasteiger partial charge in [0.25, 0.3) is 0 Å². The summed E-state index contributed by atoms with van der Waals surface area (Å²) in [6.45, 7) is 9.76. The molecule has 1 unspecified atom stereocenters. The second-order valence-electron chi connectivity index (χ2n) is 4.79. The molecule has 1 saturated heterocycles. The van der Waals surface area contributed by atoms with Crippen LogP contribution in [0.15, 0.2) is 0 Å². The zero-order chi connectivity index (χ0) is 11.8. The van der Waals surface area contributed by atoms with Gasteiger partial charge in [0.1, 0.15) is 0 Å². The number of nitrogens with zero attached hydrogens (tertiary/aromatic N) is 1. The van der Waals surface area contributed by atoms with Gasteiger partial charge in [0.05, 0.1) is 19.3 Å². The van der Waals surface area contributed by atoms with Crippen LogP contribution in [0.1, 0.15) is 20.3 Å². The largest absolute Gasteiger partial charge is 0.379 e. The van der Waals surface area contributed by atoms with Crippen molar-refractivity contribution in [3.63, 3.8) is 0 Å². The molecular weight excluding hydrogens is 204 g/mol. The third-order valence-electron chi connectivity index (χ3n) is 2.66. The Bertz CT molecular complexity index is 176. The molecule has 1 atom stereocenters. The highest BCUT2D eigenvalue weighted by molar-refractivity contribution is 4.67. The fourth-order valence-corrected chi connectivity index (χ4v) is 1.75. The molecule has 0 saturated carbocycles. The number of likely N-dealkylation sites (N-methyl/N-ethyl adjacent to an activating group) is 1. The SMILES string of the molecule is CC(C)NCCCOCC1CN(C)CCO1. The van der Waals surface area contributed by atoms with Crippen LogP contribution >= 0.6 is 0 Å². The molecule has 1 rings (SSSR count). The lowest BCUT2D eigenvalue weighted by Crippen LogP contribution is -2.42. The first-order valence-corrected chi connectivity index (χ1v) is 6.29. The Labute approximate surface area is 99.3 Å². The molecule has 96 valence electrons. The number of hydrogen-bond acceptors (Lipinski definition) is 4. The quantitative estimate of drug-likeness (QED) is 0.654. The molecule has 1 heterocycles. The highest BCUT2D eigenvalue weighted by Crippen LogP contribution is 2.03.